The molecule has 0 aliphatic heterocycles. The van der Waals surface area contributed by atoms with Gasteiger partial charge in [0.1, 0.15) is 0 Å². The smallest absolute Gasteiger partial charge is 0.00104 e. The predicted molar refractivity (Wildman–Crippen MR) is 89.1 cm³/mol. The Labute approximate surface area is 123 Å². The largest absolute Gasteiger partial charge is 0.314 e. The predicted octanol–water partition coefficient (Wildman–Crippen LogP) is 4.65. The summed E-state index contributed by atoms with van der Waals surface area (Å²) in [6, 6.07) is 15.9. The first-order valence-electron chi connectivity index (χ1n) is 7.78. The summed E-state index contributed by atoms with van der Waals surface area (Å²) in [5.41, 5.74) is 1.48. The summed E-state index contributed by atoms with van der Waals surface area (Å²) in [5, 5.41) is 6.35. The van der Waals surface area contributed by atoms with Crippen LogP contribution in [-0.4, -0.2) is 12.6 Å². The highest BCUT2D eigenvalue weighted by Gasteiger charge is 2.15. The Balaban J connectivity index is 2.20. The number of fused-ring (bicyclic) bond motifs is 1. The summed E-state index contributed by atoms with van der Waals surface area (Å²) in [4.78, 5) is 0. The normalized spacial score (nSPS) is 13.3. The molecule has 0 fully saturated rings. The highest BCUT2D eigenvalue weighted by molar-refractivity contribution is 5.85. The molecule has 0 bridgehead atoms. The van der Waals surface area contributed by atoms with E-state index in [-0.39, 0.29) is 0 Å². The van der Waals surface area contributed by atoms with Crippen molar-refractivity contribution in [3.05, 3.63) is 48.0 Å². The second kappa shape index (κ2) is 6.90. The lowest BCUT2D eigenvalue weighted by molar-refractivity contribution is 0.350. The zero-order valence-electron chi connectivity index (χ0n) is 13.2. The van der Waals surface area contributed by atoms with Gasteiger partial charge < -0.3 is 5.32 Å². The van der Waals surface area contributed by atoms with E-state index in [1.165, 1.54) is 16.3 Å². The molecule has 0 spiro atoms. The van der Waals surface area contributed by atoms with Crippen molar-refractivity contribution < 1.29 is 0 Å². The Morgan fingerprint density at radius 1 is 0.900 bits per heavy atom. The lowest BCUT2D eigenvalue weighted by Gasteiger charge is -2.23. The molecule has 0 saturated heterocycles. The Bertz CT molecular complexity index is 537. The van der Waals surface area contributed by atoms with Gasteiger partial charge in [0, 0.05) is 6.04 Å². The van der Waals surface area contributed by atoms with Crippen LogP contribution in [0.4, 0.5) is 0 Å². The van der Waals surface area contributed by atoms with Gasteiger partial charge in [-0.2, -0.15) is 0 Å². The molecule has 1 heteroatoms. The molecule has 0 aliphatic rings. The molecule has 1 atom stereocenters. The third-order valence-electron chi connectivity index (χ3n) is 4.09. The first-order valence-corrected chi connectivity index (χ1v) is 7.78. The molecule has 0 saturated carbocycles. The summed E-state index contributed by atoms with van der Waals surface area (Å²) >= 11 is 0. The quantitative estimate of drug-likeness (QED) is 0.804. The average Bonchev–Trinajstić information content (AvgIpc) is 2.43. The van der Waals surface area contributed by atoms with Crippen LogP contribution < -0.4 is 5.32 Å². The monoisotopic (exact) mass is 269 g/mol. The van der Waals surface area contributed by atoms with Gasteiger partial charge in [-0.25, -0.2) is 0 Å². The minimum Gasteiger partial charge on any atom is -0.314 e. The van der Waals surface area contributed by atoms with Crippen LogP contribution in [-0.2, 0) is 6.42 Å². The number of hydrogen-bond acceptors (Lipinski definition) is 1. The number of hydrogen-bond donors (Lipinski definition) is 1. The number of benzene rings is 2. The van der Waals surface area contributed by atoms with Gasteiger partial charge in [0.2, 0.25) is 0 Å². The Morgan fingerprint density at radius 3 is 2.30 bits per heavy atom. The minimum atomic E-state index is 0.559. The summed E-state index contributed by atoms with van der Waals surface area (Å²) < 4.78 is 0. The van der Waals surface area contributed by atoms with Crippen molar-refractivity contribution in [1.29, 1.82) is 0 Å². The van der Waals surface area contributed by atoms with Crippen LogP contribution in [0.2, 0.25) is 0 Å². The molecule has 0 aliphatic carbocycles. The standard InChI is InChI=1S/C19H27N/c1-14(2)18(13-20-15(3)4)12-17-10-7-9-16-8-5-6-11-19(16)17/h5-11,14-15,18,20H,12-13H2,1-4H3. The Morgan fingerprint density at radius 2 is 1.60 bits per heavy atom. The first kappa shape index (κ1) is 15.1. The topological polar surface area (TPSA) is 12.0 Å². The highest BCUT2D eigenvalue weighted by atomic mass is 14.9. The van der Waals surface area contributed by atoms with E-state index >= 15 is 0 Å². The lowest BCUT2D eigenvalue weighted by atomic mass is 9.87. The van der Waals surface area contributed by atoms with Crippen molar-refractivity contribution in [3.63, 3.8) is 0 Å². The number of nitrogens with one attached hydrogen (secondary N) is 1. The molecule has 1 unspecified atom stereocenters. The van der Waals surface area contributed by atoms with Gasteiger partial charge in [0.15, 0.2) is 0 Å². The van der Waals surface area contributed by atoms with Crippen molar-refractivity contribution in [2.24, 2.45) is 11.8 Å². The lowest BCUT2D eigenvalue weighted by Crippen LogP contribution is -2.32. The molecule has 20 heavy (non-hydrogen) atoms. The SMILES string of the molecule is CC(C)NCC(Cc1cccc2ccccc12)C(C)C. The van der Waals surface area contributed by atoms with E-state index in [0.717, 1.165) is 13.0 Å². The zero-order valence-corrected chi connectivity index (χ0v) is 13.2. The van der Waals surface area contributed by atoms with Crippen LogP contribution in [0.5, 0.6) is 0 Å². The summed E-state index contributed by atoms with van der Waals surface area (Å²) in [7, 11) is 0. The van der Waals surface area contributed by atoms with Crippen LogP contribution in [0.25, 0.3) is 10.8 Å². The molecule has 0 amide bonds. The summed E-state index contributed by atoms with van der Waals surface area (Å²) in [5.74, 6) is 1.38. The molecule has 108 valence electrons. The van der Waals surface area contributed by atoms with Crippen LogP contribution >= 0.6 is 0 Å². The van der Waals surface area contributed by atoms with E-state index < -0.39 is 0 Å². The maximum Gasteiger partial charge on any atom is 0.00104 e. The van der Waals surface area contributed by atoms with E-state index in [1.807, 2.05) is 0 Å². The van der Waals surface area contributed by atoms with E-state index in [4.69, 9.17) is 0 Å². The average molecular weight is 269 g/mol. The van der Waals surface area contributed by atoms with Crippen molar-refractivity contribution in [3.8, 4) is 0 Å². The molecule has 1 N–H and O–H groups in total. The summed E-state index contributed by atoms with van der Waals surface area (Å²) in [6.45, 7) is 10.2. The fraction of sp³-hybridized carbons (Fsp3) is 0.474. The van der Waals surface area contributed by atoms with Gasteiger partial charge in [-0.1, -0.05) is 70.2 Å². The van der Waals surface area contributed by atoms with Crippen LogP contribution in [0.1, 0.15) is 33.3 Å². The second-order valence-electron chi connectivity index (χ2n) is 6.41. The van der Waals surface area contributed by atoms with Gasteiger partial charge in [0.25, 0.3) is 0 Å². The van der Waals surface area contributed by atoms with Crippen molar-refractivity contribution in [2.45, 2.75) is 40.2 Å². The van der Waals surface area contributed by atoms with Gasteiger partial charge in [-0.15, -0.1) is 0 Å². The zero-order chi connectivity index (χ0) is 14.5. The van der Waals surface area contributed by atoms with Crippen LogP contribution in [0, 0.1) is 11.8 Å². The first-order chi connectivity index (χ1) is 9.58. The third kappa shape index (κ3) is 3.83. The molecule has 0 radical (unpaired) electrons. The molecule has 2 aromatic carbocycles. The van der Waals surface area contributed by atoms with Gasteiger partial charge in [0.05, 0.1) is 0 Å². The van der Waals surface area contributed by atoms with E-state index in [0.29, 0.717) is 17.9 Å². The Hall–Kier alpha value is -1.34. The molecule has 2 aromatic rings. The fourth-order valence-corrected chi connectivity index (χ4v) is 2.68. The number of rotatable bonds is 6. The third-order valence-corrected chi connectivity index (χ3v) is 4.09. The van der Waals surface area contributed by atoms with Gasteiger partial charge in [-0.3, -0.25) is 0 Å². The molecular weight excluding hydrogens is 242 g/mol. The maximum atomic E-state index is 3.60. The van der Waals surface area contributed by atoms with Crippen molar-refractivity contribution >= 4 is 10.8 Å². The molecular formula is C19H27N. The van der Waals surface area contributed by atoms with E-state index in [9.17, 15) is 0 Å². The maximum absolute atomic E-state index is 3.60. The molecule has 0 aromatic heterocycles. The second-order valence-corrected chi connectivity index (χ2v) is 6.41. The van der Waals surface area contributed by atoms with E-state index in [2.05, 4.69) is 75.5 Å². The van der Waals surface area contributed by atoms with Crippen molar-refractivity contribution in [1.82, 2.24) is 5.32 Å². The summed E-state index contributed by atoms with van der Waals surface area (Å²) in [6.07, 6.45) is 1.15. The molecule has 0 heterocycles. The van der Waals surface area contributed by atoms with Crippen molar-refractivity contribution in [2.75, 3.05) is 6.54 Å². The molecule has 2 rings (SSSR count). The molecule has 1 nitrogen and oxygen atoms in total. The Kier molecular flexibility index (Phi) is 5.19. The fourth-order valence-electron chi connectivity index (χ4n) is 2.68. The van der Waals surface area contributed by atoms with Crippen LogP contribution in [0.3, 0.4) is 0 Å². The minimum absolute atomic E-state index is 0.559. The van der Waals surface area contributed by atoms with Crippen LogP contribution in [0.15, 0.2) is 42.5 Å². The van der Waals surface area contributed by atoms with E-state index in [1.54, 1.807) is 0 Å². The van der Waals surface area contributed by atoms with Gasteiger partial charge in [-0.05, 0) is 41.1 Å². The highest BCUT2D eigenvalue weighted by Crippen LogP contribution is 2.24. The van der Waals surface area contributed by atoms with Gasteiger partial charge >= 0.3 is 0 Å².